The van der Waals surface area contributed by atoms with Crippen molar-refractivity contribution in [3.05, 3.63) is 0 Å². The zero-order valence-corrected chi connectivity index (χ0v) is 5.95. The second-order valence-corrected chi connectivity index (χ2v) is 2.44. The number of piperazine rings is 1. The Morgan fingerprint density at radius 2 is 2.45 bits per heavy atom. The number of carboxylic acid groups (broad SMARTS) is 1. The molecule has 0 aromatic rings. The molecule has 1 aliphatic rings. The molecule has 0 bridgehead atoms. The quantitative estimate of drug-likeness (QED) is 0.330. The van der Waals surface area contributed by atoms with Crippen LogP contribution in [-0.2, 0) is 4.79 Å². The van der Waals surface area contributed by atoms with Gasteiger partial charge >= 0.3 is 5.97 Å². The van der Waals surface area contributed by atoms with Gasteiger partial charge in [0.2, 0.25) is 5.66 Å². The molecule has 6 heteroatoms. The standard InChI is InChI=1S/C5H11N4O2/c6-3-5(7,4(10)11)9-2-1-8-3/h3,8H,1-2,6-7H2,(H,10,11). The minimum absolute atomic E-state index is 0.385. The van der Waals surface area contributed by atoms with Crippen LogP contribution in [0.15, 0.2) is 0 Å². The SMILES string of the molecule is NC1NCC[N]C1(N)C(=O)O. The van der Waals surface area contributed by atoms with Gasteiger partial charge < -0.3 is 16.6 Å². The third kappa shape index (κ3) is 1.33. The minimum atomic E-state index is -1.65. The number of nitrogens with one attached hydrogen (secondary N) is 1. The first kappa shape index (κ1) is 8.41. The van der Waals surface area contributed by atoms with Gasteiger partial charge in [0.1, 0.15) is 0 Å². The fraction of sp³-hybridized carbons (Fsp3) is 0.800. The van der Waals surface area contributed by atoms with E-state index in [4.69, 9.17) is 16.6 Å². The topological polar surface area (TPSA) is 115 Å². The monoisotopic (exact) mass is 159 g/mol. The maximum Gasteiger partial charge on any atom is 0.343 e. The Bertz CT molecular complexity index is 174. The van der Waals surface area contributed by atoms with Crippen LogP contribution in [0.1, 0.15) is 0 Å². The second-order valence-electron chi connectivity index (χ2n) is 2.44. The van der Waals surface area contributed by atoms with Crippen LogP contribution in [-0.4, -0.2) is 36.0 Å². The van der Waals surface area contributed by atoms with E-state index < -0.39 is 17.8 Å². The molecule has 2 atom stereocenters. The Balaban J connectivity index is 2.72. The summed E-state index contributed by atoms with van der Waals surface area (Å²) in [5.41, 5.74) is 9.14. The number of nitrogens with two attached hydrogens (primary N) is 2. The van der Waals surface area contributed by atoms with Gasteiger partial charge in [0.05, 0.1) is 6.17 Å². The maximum absolute atomic E-state index is 10.5. The first-order valence-corrected chi connectivity index (χ1v) is 3.27. The number of carboxylic acids is 1. The third-order valence-electron chi connectivity index (χ3n) is 1.67. The summed E-state index contributed by atoms with van der Waals surface area (Å²) in [4.78, 5) is 10.5. The molecule has 0 amide bonds. The van der Waals surface area contributed by atoms with Crippen LogP contribution in [0.4, 0.5) is 0 Å². The number of nitrogens with zero attached hydrogens (tertiary/aromatic N) is 1. The first-order valence-electron chi connectivity index (χ1n) is 3.27. The summed E-state index contributed by atoms with van der Waals surface area (Å²) < 4.78 is 0. The van der Waals surface area contributed by atoms with Crippen molar-refractivity contribution in [2.75, 3.05) is 13.1 Å². The van der Waals surface area contributed by atoms with E-state index in [2.05, 4.69) is 10.6 Å². The van der Waals surface area contributed by atoms with E-state index in [1.54, 1.807) is 0 Å². The molecule has 2 unspecified atom stereocenters. The summed E-state index contributed by atoms with van der Waals surface area (Å²) in [5, 5.41) is 15.1. The van der Waals surface area contributed by atoms with E-state index in [0.717, 1.165) is 0 Å². The van der Waals surface area contributed by atoms with Crippen molar-refractivity contribution in [2.45, 2.75) is 11.8 Å². The van der Waals surface area contributed by atoms with E-state index >= 15 is 0 Å². The molecule has 6 nitrogen and oxygen atoms in total. The average Bonchev–Trinajstić information content (AvgIpc) is 1.95. The van der Waals surface area contributed by atoms with Gasteiger partial charge in [0, 0.05) is 13.1 Å². The van der Waals surface area contributed by atoms with Gasteiger partial charge in [-0.15, -0.1) is 0 Å². The minimum Gasteiger partial charge on any atom is -0.479 e. The van der Waals surface area contributed by atoms with Gasteiger partial charge in [-0.2, -0.15) is 0 Å². The summed E-state index contributed by atoms with van der Waals surface area (Å²) >= 11 is 0. The summed E-state index contributed by atoms with van der Waals surface area (Å²) in [6, 6.07) is 0. The van der Waals surface area contributed by atoms with Crippen molar-refractivity contribution in [3.63, 3.8) is 0 Å². The van der Waals surface area contributed by atoms with Crippen LogP contribution in [0.2, 0.25) is 0 Å². The second kappa shape index (κ2) is 2.74. The molecule has 1 heterocycles. The molecular weight excluding hydrogens is 148 g/mol. The Labute approximate surface area is 63.9 Å². The van der Waals surface area contributed by atoms with Crippen LogP contribution in [0, 0.1) is 0 Å². The van der Waals surface area contributed by atoms with Crippen LogP contribution in [0.3, 0.4) is 0 Å². The Morgan fingerprint density at radius 1 is 1.82 bits per heavy atom. The lowest BCUT2D eigenvalue weighted by atomic mass is 10.1. The number of carbonyl (C=O) groups is 1. The van der Waals surface area contributed by atoms with Gasteiger partial charge in [0.25, 0.3) is 0 Å². The molecule has 6 N–H and O–H groups in total. The molecule has 1 fully saturated rings. The first-order chi connectivity index (χ1) is 5.07. The van der Waals surface area contributed by atoms with E-state index in [9.17, 15) is 4.79 Å². The van der Waals surface area contributed by atoms with Crippen LogP contribution in [0.25, 0.3) is 0 Å². The van der Waals surface area contributed by atoms with Gasteiger partial charge in [-0.1, -0.05) is 0 Å². The predicted molar refractivity (Wildman–Crippen MR) is 37.5 cm³/mol. The molecular formula is C5H11N4O2. The third-order valence-corrected chi connectivity index (χ3v) is 1.67. The van der Waals surface area contributed by atoms with Crippen molar-refractivity contribution < 1.29 is 9.90 Å². The van der Waals surface area contributed by atoms with Crippen molar-refractivity contribution in [1.82, 2.24) is 10.6 Å². The lowest BCUT2D eigenvalue weighted by molar-refractivity contribution is -0.147. The van der Waals surface area contributed by atoms with E-state index in [-0.39, 0.29) is 0 Å². The normalized spacial score (nSPS) is 38.5. The van der Waals surface area contributed by atoms with Gasteiger partial charge in [0.15, 0.2) is 0 Å². The van der Waals surface area contributed by atoms with Crippen molar-refractivity contribution in [3.8, 4) is 0 Å². The van der Waals surface area contributed by atoms with Crippen molar-refractivity contribution >= 4 is 5.97 Å². The fourth-order valence-corrected chi connectivity index (χ4v) is 0.916. The number of aliphatic carboxylic acids is 1. The van der Waals surface area contributed by atoms with Gasteiger partial charge in [-0.25, -0.2) is 10.1 Å². The number of rotatable bonds is 1. The van der Waals surface area contributed by atoms with Crippen LogP contribution >= 0.6 is 0 Å². The molecule has 1 saturated heterocycles. The average molecular weight is 159 g/mol. The van der Waals surface area contributed by atoms with Gasteiger partial charge in [-0.05, 0) is 0 Å². The molecule has 0 saturated carbocycles. The van der Waals surface area contributed by atoms with E-state index in [1.807, 2.05) is 0 Å². The fourth-order valence-electron chi connectivity index (χ4n) is 0.916. The maximum atomic E-state index is 10.5. The van der Waals surface area contributed by atoms with Crippen molar-refractivity contribution in [1.29, 1.82) is 0 Å². The number of hydrogen-bond acceptors (Lipinski definition) is 4. The van der Waals surface area contributed by atoms with Crippen LogP contribution < -0.4 is 22.1 Å². The highest BCUT2D eigenvalue weighted by atomic mass is 16.4. The Kier molecular flexibility index (Phi) is 2.10. The van der Waals surface area contributed by atoms with E-state index in [1.165, 1.54) is 0 Å². The van der Waals surface area contributed by atoms with Crippen molar-refractivity contribution in [2.24, 2.45) is 11.5 Å². The number of hydrogen-bond donors (Lipinski definition) is 4. The molecule has 1 aliphatic heterocycles. The lowest BCUT2D eigenvalue weighted by Crippen LogP contribution is -2.74. The van der Waals surface area contributed by atoms with Crippen LogP contribution in [0.5, 0.6) is 0 Å². The summed E-state index contributed by atoms with van der Waals surface area (Å²) in [5.74, 6) is -1.20. The Hall–Kier alpha value is -0.690. The molecule has 11 heavy (non-hydrogen) atoms. The highest BCUT2D eigenvalue weighted by Crippen LogP contribution is 2.04. The molecule has 0 spiro atoms. The lowest BCUT2D eigenvalue weighted by Gasteiger charge is -2.34. The van der Waals surface area contributed by atoms with Gasteiger partial charge in [-0.3, -0.25) is 5.32 Å². The predicted octanol–water partition coefficient (Wildman–Crippen LogP) is -2.78. The summed E-state index contributed by atoms with van der Waals surface area (Å²) in [7, 11) is 0. The molecule has 0 aromatic carbocycles. The zero-order valence-electron chi connectivity index (χ0n) is 5.95. The summed E-state index contributed by atoms with van der Waals surface area (Å²) in [6.07, 6.45) is -0.797. The smallest absolute Gasteiger partial charge is 0.343 e. The largest absolute Gasteiger partial charge is 0.479 e. The molecule has 1 rings (SSSR count). The highest BCUT2D eigenvalue weighted by Gasteiger charge is 2.43. The van der Waals surface area contributed by atoms with E-state index in [0.29, 0.717) is 13.1 Å². The molecule has 63 valence electrons. The molecule has 0 aromatic heterocycles. The highest BCUT2D eigenvalue weighted by molar-refractivity contribution is 5.79. The summed E-state index contributed by atoms with van der Waals surface area (Å²) in [6.45, 7) is 0.962. The zero-order chi connectivity index (χ0) is 8.48. The molecule has 0 aliphatic carbocycles. The molecule has 1 radical (unpaired) electrons. The Morgan fingerprint density at radius 3 is 2.82 bits per heavy atom.